The third-order valence-electron chi connectivity index (χ3n) is 7.36. The van der Waals surface area contributed by atoms with Crippen molar-refractivity contribution in [3.8, 4) is 5.88 Å². The van der Waals surface area contributed by atoms with Gasteiger partial charge < -0.3 is 14.2 Å². The van der Waals surface area contributed by atoms with Gasteiger partial charge in [-0.3, -0.25) is 18.7 Å². The Hall–Kier alpha value is -3.36. The molecule has 1 amide bonds. The summed E-state index contributed by atoms with van der Waals surface area (Å²) in [5.74, 6) is 1.50. The number of nitrogens with zero attached hydrogens (tertiary/aromatic N) is 5. The molecular formula is C25H31N5O4. The van der Waals surface area contributed by atoms with Gasteiger partial charge in [-0.05, 0) is 25.0 Å². The van der Waals surface area contributed by atoms with Gasteiger partial charge in [0.15, 0.2) is 0 Å². The van der Waals surface area contributed by atoms with Gasteiger partial charge in [0, 0.05) is 59.4 Å². The third-order valence-corrected chi connectivity index (χ3v) is 7.36. The number of imidazole rings is 1. The lowest BCUT2D eigenvalue weighted by atomic mass is 9.90. The lowest BCUT2D eigenvalue weighted by Crippen LogP contribution is -2.38. The Labute approximate surface area is 197 Å². The quantitative estimate of drug-likeness (QED) is 0.586. The van der Waals surface area contributed by atoms with Crippen LogP contribution >= 0.6 is 0 Å². The zero-order chi connectivity index (χ0) is 24.0. The highest BCUT2D eigenvalue weighted by Crippen LogP contribution is 2.38. The van der Waals surface area contributed by atoms with E-state index in [4.69, 9.17) is 9.72 Å². The summed E-state index contributed by atoms with van der Waals surface area (Å²) in [5.41, 5.74) is 1.37. The second-order valence-electron chi connectivity index (χ2n) is 9.46. The fourth-order valence-corrected chi connectivity index (χ4v) is 5.45. The fraction of sp³-hybridized carbons (Fsp3) is 0.520. The van der Waals surface area contributed by atoms with Gasteiger partial charge in [-0.15, -0.1) is 0 Å². The molecule has 1 aromatic carbocycles. The maximum atomic E-state index is 13.2. The standard InChI is InChI=1S/C25H31N5O4/c1-4-20-26-18-8-5-6-9-19(18)30(20)14-10-21(31)29-13-7-11-25(12-15-29)16-17-22(32)27(2)24(33)28(3)23(17)34-25/h5-6,8-9H,4,7,10-16H2,1-3H3. The molecule has 1 saturated heterocycles. The largest absolute Gasteiger partial charge is 0.471 e. The van der Waals surface area contributed by atoms with Crippen molar-refractivity contribution in [2.24, 2.45) is 14.1 Å². The Bertz CT molecular complexity index is 1380. The van der Waals surface area contributed by atoms with Gasteiger partial charge >= 0.3 is 5.69 Å². The number of hydrogen-bond donors (Lipinski definition) is 0. The minimum Gasteiger partial charge on any atom is -0.471 e. The highest BCUT2D eigenvalue weighted by Gasteiger charge is 2.44. The molecule has 9 nitrogen and oxygen atoms in total. The molecule has 0 saturated carbocycles. The van der Waals surface area contributed by atoms with E-state index in [1.807, 2.05) is 29.2 Å². The van der Waals surface area contributed by atoms with Crippen molar-refractivity contribution in [3.05, 3.63) is 56.5 Å². The van der Waals surface area contributed by atoms with Crippen molar-refractivity contribution in [2.75, 3.05) is 13.1 Å². The molecule has 0 bridgehead atoms. The number of rotatable bonds is 4. The molecule has 2 aromatic heterocycles. The van der Waals surface area contributed by atoms with E-state index in [9.17, 15) is 14.4 Å². The maximum absolute atomic E-state index is 13.2. The topological polar surface area (TPSA) is 91.4 Å². The summed E-state index contributed by atoms with van der Waals surface area (Å²) in [6, 6.07) is 8.03. The zero-order valence-corrected chi connectivity index (χ0v) is 20.0. The van der Waals surface area contributed by atoms with Crippen molar-refractivity contribution in [3.63, 3.8) is 0 Å². The van der Waals surface area contributed by atoms with E-state index < -0.39 is 5.60 Å². The number of likely N-dealkylation sites (tertiary alicyclic amines) is 1. The molecule has 5 rings (SSSR count). The smallest absolute Gasteiger partial charge is 0.333 e. The number of hydrogen-bond acceptors (Lipinski definition) is 5. The SMILES string of the molecule is CCc1nc2ccccc2n1CCC(=O)N1CCCC2(CC1)Cc1c(n(C)c(=O)n(C)c1=O)O2. The van der Waals surface area contributed by atoms with Crippen LogP contribution in [0, 0.1) is 0 Å². The monoisotopic (exact) mass is 465 g/mol. The van der Waals surface area contributed by atoms with Crippen LogP contribution in [0.4, 0.5) is 0 Å². The summed E-state index contributed by atoms with van der Waals surface area (Å²) in [6.07, 6.45) is 3.88. The first-order valence-corrected chi connectivity index (χ1v) is 12.0. The van der Waals surface area contributed by atoms with E-state index in [2.05, 4.69) is 11.5 Å². The second kappa shape index (κ2) is 8.45. The van der Waals surface area contributed by atoms with Gasteiger partial charge in [0.05, 0.1) is 16.6 Å². The number of aryl methyl sites for hydroxylation is 2. The molecule has 1 spiro atoms. The first kappa shape index (κ1) is 22.4. The molecule has 1 unspecified atom stereocenters. The molecule has 9 heteroatoms. The number of ether oxygens (including phenoxy) is 1. The predicted molar refractivity (Wildman–Crippen MR) is 128 cm³/mol. The molecule has 34 heavy (non-hydrogen) atoms. The number of carbonyl (C=O) groups excluding carboxylic acids is 1. The molecule has 0 N–H and O–H groups in total. The number of benzene rings is 1. The summed E-state index contributed by atoms with van der Waals surface area (Å²) < 4.78 is 11.0. The summed E-state index contributed by atoms with van der Waals surface area (Å²) in [5, 5.41) is 0. The summed E-state index contributed by atoms with van der Waals surface area (Å²) >= 11 is 0. The molecule has 180 valence electrons. The highest BCUT2D eigenvalue weighted by molar-refractivity contribution is 5.78. The number of amides is 1. The van der Waals surface area contributed by atoms with Crippen LogP contribution in [0.1, 0.15) is 44.0 Å². The highest BCUT2D eigenvalue weighted by atomic mass is 16.5. The normalized spacial score (nSPS) is 19.9. The van der Waals surface area contributed by atoms with E-state index in [1.54, 1.807) is 7.05 Å². The minimum atomic E-state index is -0.537. The summed E-state index contributed by atoms with van der Waals surface area (Å²) in [6.45, 7) is 3.93. The van der Waals surface area contributed by atoms with Crippen molar-refractivity contribution in [2.45, 2.75) is 57.6 Å². The van der Waals surface area contributed by atoms with E-state index in [-0.39, 0.29) is 17.2 Å². The predicted octanol–water partition coefficient (Wildman–Crippen LogP) is 1.77. The van der Waals surface area contributed by atoms with Gasteiger partial charge in [0.25, 0.3) is 5.56 Å². The van der Waals surface area contributed by atoms with Gasteiger partial charge in [-0.25, -0.2) is 9.78 Å². The fourth-order valence-electron chi connectivity index (χ4n) is 5.45. The van der Waals surface area contributed by atoms with E-state index in [0.717, 1.165) is 40.7 Å². The molecule has 2 aliphatic rings. The van der Waals surface area contributed by atoms with Crippen molar-refractivity contribution in [1.82, 2.24) is 23.6 Å². The molecule has 1 fully saturated rings. The number of fused-ring (bicyclic) bond motifs is 2. The molecular weight excluding hydrogens is 434 g/mol. The Morgan fingerprint density at radius 2 is 1.91 bits per heavy atom. The Kier molecular flexibility index (Phi) is 5.58. The molecule has 3 aromatic rings. The number of para-hydroxylation sites is 2. The van der Waals surface area contributed by atoms with Crippen LogP contribution < -0.4 is 16.0 Å². The van der Waals surface area contributed by atoms with E-state index in [0.29, 0.717) is 50.3 Å². The molecule has 0 radical (unpaired) electrons. The molecule has 0 aliphatic carbocycles. The lowest BCUT2D eigenvalue weighted by Gasteiger charge is -2.27. The van der Waals surface area contributed by atoms with Gasteiger partial charge in [0.2, 0.25) is 11.8 Å². The first-order valence-electron chi connectivity index (χ1n) is 12.0. The molecule has 1 atom stereocenters. The van der Waals surface area contributed by atoms with Crippen LogP contribution in [-0.4, -0.2) is 48.2 Å². The minimum absolute atomic E-state index is 0.121. The van der Waals surface area contributed by atoms with Crippen LogP contribution in [0.5, 0.6) is 5.88 Å². The third kappa shape index (κ3) is 3.63. The van der Waals surface area contributed by atoms with Crippen molar-refractivity contribution < 1.29 is 9.53 Å². The number of carbonyl (C=O) groups is 1. The van der Waals surface area contributed by atoms with Crippen molar-refractivity contribution in [1.29, 1.82) is 0 Å². The molecule has 4 heterocycles. The Morgan fingerprint density at radius 1 is 1.12 bits per heavy atom. The number of aromatic nitrogens is 4. The van der Waals surface area contributed by atoms with Crippen LogP contribution in [0.15, 0.2) is 33.9 Å². The Morgan fingerprint density at radius 3 is 2.71 bits per heavy atom. The van der Waals surface area contributed by atoms with E-state index >= 15 is 0 Å². The maximum Gasteiger partial charge on any atom is 0.333 e. The van der Waals surface area contributed by atoms with Crippen molar-refractivity contribution >= 4 is 16.9 Å². The van der Waals surface area contributed by atoms with Gasteiger partial charge in [-0.2, -0.15) is 0 Å². The van der Waals surface area contributed by atoms with Crippen LogP contribution in [0.2, 0.25) is 0 Å². The Balaban J connectivity index is 1.28. The lowest BCUT2D eigenvalue weighted by molar-refractivity contribution is -0.131. The average Bonchev–Trinajstić information content (AvgIpc) is 3.33. The van der Waals surface area contributed by atoms with E-state index in [1.165, 1.54) is 11.6 Å². The van der Waals surface area contributed by atoms with Crippen LogP contribution in [0.25, 0.3) is 11.0 Å². The average molecular weight is 466 g/mol. The first-order chi connectivity index (χ1) is 16.3. The van der Waals surface area contributed by atoms with Gasteiger partial charge in [0.1, 0.15) is 11.4 Å². The zero-order valence-electron chi connectivity index (χ0n) is 20.0. The van der Waals surface area contributed by atoms with Crippen LogP contribution in [0.3, 0.4) is 0 Å². The van der Waals surface area contributed by atoms with Crippen LogP contribution in [-0.2, 0) is 38.3 Å². The summed E-state index contributed by atoms with van der Waals surface area (Å²) in [7, 11) is 3.13. The summed E-state index contributed by atoms with van der Waals surface area (Å²) in [4.78, 5) is 44.7. The molecule has 2 aliphatic heterocycles. The second-order valence-corrected chi connectivity index (χ2v) is 9.46. The van der Waals surface area contributed by atoms with Gasteiger partial charge in [-0.1, -0.05) is 19.1 Å².